The normalized spacial score (nSPS) is 21.1. The number of aromatic amines is 1. The Morgan fingerprint density at radius 1 is 0.926 bits per heavy atom. The van der Waals surface area contributed by atoms with E-state index in [-0.39, 0.29) is 5.82 Å². The molecule has 2 aromatic carbocycles. The number of hydrogen-bond acceptors (Lipinski definition) is 0. The van der Waals surface area contributed by atoms with Crippen LogP contribution in [0.3, 0.4) is 0 Å². The van der Waals surface area contributed by atoms with Gasteiger partial charge >= 0.3 is 0 Å². The minimum atomic E-state index is -0.154. The van der Waals surface area contributed by atoms with Gasteiger partial charge in [0, 0.05) is 16.6 Å². The second kappa shape index (κ2) is 7.88. The standard InChI is InChI=1S/C25H30FN/c1-17-10-18(2)12-20(11-17)13-19-6-4-3-5-7-21(14-19)25-16-22-15-23(26)8-9-24(22)27-25/h8-12,15-16,19,21,27H,3-7,13-14H2,1-2H3. The monoisotopic (exact) mass is 363 g/mol. The van der Waals surface area contributed by atoms with Gasteiger partial charge in [-0.05, 0) is 74.8 Å². The molecule has 1 N–H and O–H groups in total. The van der Waals surface area contributed by atoms with Crippen molar-refractivity contribution in [2.24, 2.45) is 5.92 Å². The van der Waals surface area contributed by atoms with Gasteiger partial charge in [-0.25, -0.2) is 4.39 Å². The Bertz CT molecular complexity index is 903. The van der Waals surface area contributed by atoms with E-state index in [1.54, 1.807) is 12.1 Å². The van der Waals surface area contributed by atoms with Crippen molar-refractivity contribution in [3.63, 3.8) is 0 Å². The van der Waals surface area contributed by atoms with Crippen molar-refractivity contribution in [3.05, 3.63) is 70.7 Å². The molecule has 27 heavy (non-hydrogen) atoms. The van der Waals surface area contributed by atoms with Crippen LogP contribution in [0.1, 0.15) is 66.8 Å². The second-order valence-corrected chi connectivity index (χ2v) is 8.59. The summed E-state index contributed by atoms with van der Waals surface area (Å²) in [6, 6.07) is 14.2. The molecule has 1 fully saturated rings. The molecule has 1 aliphatic carbocycles. The van der Waals surface area contributed by atoms with E-state index < -0.39 is 0 Å². The summed E-state index contributed by atoms with van der Waals surface area (Å²) in [4.78, 5) is 3.58. The lowest BCUT2D eigenvalue weighted by Crippen LogP contribution is -2.14. The maximum Gasteiger partial charge on any atom is 0.123 e. The Balaban J connectivity index is 1.56. The number of aromatic nitrogens is 1. The van der Waals surface area contributed by atoms with Crippen LogP contribution >= 0.6 is 0 Å². The average Bonchev–Trinajstić information content (AvgIpc) is 2.99. The van der Waals surface area contributed by atoms with Gasteiger partial charge in [0.2, 0.25) is 0 Å². The molecule has 0 amide bonds. The molecule has 3 aromatic rings. The summed E-state index contributed by atoms with van der Waals surface area (Å²) in [6.45, 7) is 4.39. The molecule has 0 bridgehead atoms. The van der Waals surface area contributed by atoms with Gasteiger partial charge in [-0.3, -0.25) is 0 Å². The van der Waals surface area contributed by atoms with E-state index in [0.717, 1.165) is 16.8 Å². The Morgan fingerprint density at radius 3 is 2.52 bits per heavy atom. The van der Waals surface area contributed by atoms with Gasteiger partial charge in [0.05, 0.1) is 0 Å². The Kier molecular flexibility index (Phi) is 5.33. The molecule has 0 aliphatic heterocycles. The predicted molar refractivity (Wildman–Crippen MR) is 112 cm³/mol. The van der Waals surface area contributed by atoms with E-state index in [0.29, 0.717) is 5.92 Å². The smallest absolute Gasteiger partial charge is 0.123 e. The molecule has 0 saturated heterocycles. The molecule has 2 heteroatoms. The Labute approximate surface area is 162 Å². The molecule has 142 valence electrons. The van der Waals surface area contributed by atoms with Crippen molar-refractivity contribution in [1.29, 1.82) is 0 Å². The molecule has 1 aliphatic rings. The third-order valence-corrected chi connectivity index (χ3v) is 6.13. The van der Waals surface area contributed by atoms with Gasteiger partial charge in [-0.15, -0.1) is 0 Å². The summed E-state index contributed by atoms with van der Waals surface area (Å²) in [5.41, 5.74) is 6.56. The first-order valence-electron chi connectivity index (χ1n) is 10.4. The van der Waals surface area contributed by atoms with Gasteiger partial charge in [0.25, 0.3) is 0 Å². The third-order valence-electron chi connectivity index (χ3n) is 6.13. The fourth-order valence-corrected chi connectivity index (χ4v) is 4.97. The number of rotatable bonds is 3. The van der Waals surface area contributed by atoms with Crippen LogP contribution in [0.2, 0.25) is 0 Å². The SMILES string of the molecule is Cc1cc(C)cc(CC2CCCCCC(c3cc4cc(F)ccc4[nH]3)C2)c1. The summed E-state index contributed by atoms with van der Waals surface area (Å²) >= 11 is 0. The summed E-state index contributed by atoms with van der Waals surface area (Å²) in [6.07, 6.45) is 8.92. The van der Waals surface area contributed by atoms with Crippen LogP contribution in [0.25, 0.3) is 10.9 Å². The van der Waals surface area contributed by atoms with E-state index in [9.17, 15) is 4.39 Å². The van der Waals surface area contributed by atoms with E-state index >= 15 is 0 Å². The minimum Gasteiger partial charge on any atom is -0.358 e. The Hall–Kier alpha value is -2.09. The fraction of sp³-hybridized carbons (Fsp3) is 0.440. The Morgan fingerprint density at radius 2 is 1.70 bits per heavy atom. The molecule has 4 rings (SSSR count). The van der Waals surface area contributed by atoms with Crippen LogP contribution in [-0.4, -0.2) is 4.98 Å². The highest BCUT2D eigenvalue weighted by Crippen LogP contribution is 2.36. The van der Waals surface area contributed by atoms with Crippen LogP contribution in [-0.2, 0) is 6.42 Å². The highest BCUT2D eigenvalue weighted by atomic mass is 19.1. The lowest BCUT2D eigenvalue weighted by atomic mass is 9.80. The lowest BCUT2D eigenvalue weighted by molar-refractivity contribution is 0.343. The maximum atomic E-state index is 13.6. The minimum absolute atomic E-state index is 0.154. The van der Waals surface area contributed by atoms with Gasteiger partial charge in [0.1, 0.15) is 5.82 Å². The van der Waals surface area contributed by atoms with E-state index in [1.165, 1.54) is 67.3 Å². The molecule has 0 spiro atoms. The fourth-order valence-electron chi connectivity index (χ4n) is 4.97. The molecule has 2 unspecified atom stereocenters. The molecular weight excluding hydrogens is 333 g/mol. The van der Waals surface area contributed by atoms with Gasteiger partial charge in [-0.1, -0.05) is 55.0 Å². The topological polar surface area (TPSA) is 15.8 Å². The van der Waals surface area contributed by atoms with Gasteiger partial charge in [-0.2, -0.15) is 0 Å². The van der Waals surface area contributed by atoms with Crippen LogP contribution in [0.5, 0.6) is 0 Å². The number of fused-ring (bicyclic) bond motifs is 1. The highest BCUT2D eigenvalue weighted by molar-refractivity contribution is 5.80. The molecule has 1 saturated carbocycles. The average molecular weight is 364 g/mol. The van der Waals surface area contributed by atoms with Crippen molar-refractivity contribution in [1.82, 2.24) is 4.98 Å². The van der Waals surface area contributed by atoms with Gasteiger partial charge in [0.15, 0.2) is 0 Å². The predicted octanol–water partition coefficient (Wildman–Crippen LogP) is 7.22. The largest absolute Gasteiger partial charge is 0.358 e. The highest BCUT2D eigenvalue weighted by Gasteiger charge is 2.22. The van der Waals surface area contributed by atoms with Crippen molar-refractivity contribution in [3.8, 4) is 0 Å². The summed E-state index contributed by atoms with van der Waals surface area (Å²) < 4.78 is 13.6. The molecule has 1 aromatic heterocycles. The second-order valence-electron chi connectivity index (χ2n) is 8.59. The molecule has 2 atom stereocenters. The molecule has 1 heterocycles. The van der Waals surface area contributed by atoms with Crippen LogP contribution in [0, 0.1) is 25.6 Å². The van der Waals surface area contributed by atoms with Crippen LogP contribution in [0.4, 0.5) is 4.39 Å². The van der Waals surface area contributed by atoms with Crippen LogP contribution in [0.15, 0.2) is 42.5 Å². The zero-order valence-electron chi connectivity index (χ0n) is 16.5. The van der Waals surface area contributed by atoms with E-state index in [4.69, 9.17) is 0 Å². The van der Waals surface area contributed by atoms with Crippen molar-refractivity contribution < 1.29 is 4.39 Å². The summed E-state index contributed by atoms with van der Waals surface area (Å²) in [5, 5.41) is 0.998. The first-order valence-corrected chi connectivity index (χ1v) is 10.4. The zero-order valence-corrected chi connectivity index (χ0v) is 16.5. The number of H-pyrrole nitrogens is 1. The lowest BCUT2D eigenvalue weighted by Gasteiger charge is -2.26. The summed E-state index contributed by atoms with van der Waals surface area (Å²) in [7, 11) is 0. The van der Waals surface area contributed by atoms with Crippen molar-refractivity contribution >= 4 is 10.9 Å². The number of nitrogens with one attached hydrogen (secondary N) is 1. The first kappa shape index (κ1) is 18.3. The number of benzene rings is 2. The zero-order chi connectivity index (χ0) is 18.8. The summed E-state index contributed by atoms with van der Waals surface area (Å²) in [5.74, 6) is 1.12. The molecule has 1 nitrogen and oxygen atoms in total. The van der Waals surface area contributed by atoms with Crippen molar-refractivity contribution in [2.45, 2.75) is 64.7 Å². The number of hydrogen-bond donors (Lipinski definition) is 1. The molecule has 0 radical (unpaired) electrons. The number of halogens is 1. The maximum absolute atomic E-state index is 13.6. The van der Waals surface area contributed by atoms with Crippen LogP contribution < -0.4 is 0 Å². The quantitative estimate of drug-likeness (QED) is 0.505. The first-order chi connectivity index (χ1) is 13.1. The third kappa shape index (κ3) is 4.43. The number of aryl methyl sites for hydroxylation is 2. The van der Waals surface area contributed by atoms with Gasteiger partial charge < -0.3 is 4.98 Å². The van der Waals surface area contributed by atoms with Crippen molar-refractivity contribution in [2.75, 3.05) is 0 Å². The molecular formula is C25H30FN. The van der Waals surface area contributed by atoms with E-state index in [2.05, 4.69) is 43.1 Å². The van der Waals surface area contributed by atoms with E-state index in [1.807, 2.05) is 6.07 Å².